The molecular weight excluding hydrogens is 276 g/mol. The van der Waals surface area contributed by atoms with E-state index in [2.05, 4.69) is 0 Å². The van der Waals surface area contributed by atoms with Crippen molar-refractivity contribution in [1.29, 1.82) is 0 Å². The fraction of sp³-hybridized carbons (Fsp3) is 0.429. The number of non-ortho nitro benzene ring substituents is 1. The van der Waals surface area contributed by atoms with Crippen molar-refractivity contribution in [3.05, 3.63) is 28.3 Å². The number of amides is 2. The van der Waals surface area contributed by atoms with Crippen molar-refractivity contribution in [3.8, 4) is 5.75 Å². The summed E-state index contributed by atoms with van der Waals surface area (Å²) in [7, 11) is 0. The largest absolute Gasteiger partial charge is 0.871 e. The zero-order chi connectivity index (χ0) is 15.1. The van der Waals surface area contributed by atoms with Gasteiger partial charge in [0.1, 0.15) is 0 Å². The van der Waals surface area contributed by atoms with Crippen molar-refractivity contribution in [3.63, 3.8) is 0 Å². The van der Waals surface area contributed by atoms with Crippen molar-refractivity contribution in [2.24, 2.45) is 11.8 Å². The van der Waals surface area contributed by atoms with Gasteiger partial charge in [-0.3, -0.25) is 24.6 Å². The quantitative estimate of drug-likeness (QED) is 0.464. The second-order valence-corrected chi connectivity index (χ2v) is 5.42. The van der Waals surface area contributed by atoms with Crippen LogP contribution in [0, 0.1) is 22.0 Å². The van der Waals surface area contributed by atoms with Crippen molar-refractivity contribution in [2.75, 3.05) is 4.90 Å². The maximum atomic E-state index is 12.4. The Morgan fingerprint density at radius 2 is 1.67 bits per heavy atom. The maximum absolute atomic E-state index is 12.4. The van der Waals surface area contributed by atoms with Crippen LogP contribution < -0.4 is 10.0 Å². The van der Waals surface area contributed by atoms with Crippen molar-refractivity contribution < 1.29 is 19.6 Å². The van der Waals surface area contributed by atoms with Gasteiger partial charge in [0.05, 0.1) is 22.4 Å². The minimum Gasteiger partial charge on any atom is -0.871 e. The Labute approximate surface area is 120 Å². The molecule has 0 bridgehead atoms. The van der Waals surface area contributed by atoms with Crippen LogP contribution in [0.25, 0.3) is 0 Å². The zero-order valence-electron chi connectivity index (χ0n) is 11.2. The molecule has 1 saturated carbocycles. The highest BCUT2D eigenvalue weighted by molar-refractivity contribution is 6.22. The Hall–Kier alpha value is -2.44. The lowest BCUT2D eigenvalue weighted by Crippen LogP contribution is -2.31. The fourth-order valence-corrected chi connectivity index (χ4v) is 3.19. The predicted octanol–water partition coefficient (Wildman–Crippen LogP) is 1.35. The van der Waals surface area contributed by atoms with Gasteiger partial charge >= 0.3 is 0 Å². The van der Waals surface area contributed by atoms with E-state index in [4.69, 9.17) is 0 Å². The lowest BCUT2D eigenvalue weighted by atomic mass is 9.81. The molecule has 21 heavy (non-hydrogen) atoms. The first-order chi connectivity index (χ1) is 10.0. The van der Waals surface area contributed by atoms with Crippen LogP contribution in [0.15, 0.2) is 18.2 Å². The highest BCUT2D eigenvalue weighted by Crippen LogP contribution is 2.42. The Bertz CT molecular complexity index is 618. The van der Waals surface area contributed by atoms with E-state index in [1.165, 1.54) is 0 Å². The summed E-state index contributed by atoms with van der Waals surface area (Å²) in [6.07, 6.45) is 3.03. The predicted molar refractivity (Wildman–Crippen MR) is 70.5 cm³/mol. The molecule has 1 aliphatic heterocycles. The molecule has 1 aliphatic carbocycles. The number of hydrogen-bond acceptors (Lipinski definition) is 5. The van der Waals surface area contributed by atoms with Gasteiger partial charge in [-0.05, 0) is 12.8 Å². The first-order valence-electron chi connectivity index (χ1n) is 6.84. The van der Waals surface area contributed by atoms with Gasteiger partial charge in [-0.25, -0.2) is 0 Å². The summed E-state index contributed by atoms with van der Waals surface area (Å²) in [4.78, 5) is 35.8. The molecule has 0 unspecified atom stereocenters. The Morgan fingerprint density at radius 1 is 1.10 bits per heavy atom. The lowest BCUT2D eigenvalue weighted by molar-refractivity contribution is -0.385. The average molecular weight is 289 g/mol. The molecule has 0 N–H and O–H groups in total. The standard InChI is InChI=1S/C14H14N2O5/c17-12-6-5-8(16(20)21)7-11(12)15-13(18)9-3-1-2-4-10(9)14(15)19/h5-7,9-10,17H,1-4H2/p-1/t9-,10-/m0/s1. The number of nitro benzene ring substituents is 1. The summed E-state index contributed by atoms with van der Waals surface area (Å²) >= 11 is 0. The third-order valence-electron chi connectivity index (χ3n) is 4.24. The lowest BCUT2D eigenvalue weighted by Gasteiger charge is -2.21. The molecule has 7 heteroatoms. The third kappa shape index (κ3) is 2.05. The minimum atomic E-state index is -0.652. The number of carbonyl (C=O) groups is 2. The van der Waals surface area contributed by atoms with Gasteiger partial charge in [-0.1, -0.05) is 24.7 Å². The molecular formula is C14H13N2O5-. The van der Waals surface area contributed by atoms with Crippen LogP contribution in [0.5, 0.6) is 5.75 Å². The van der Waals surface area contributed by atoms with Crippen molar-refractivity contribution >= 4 is 23.2 Å². The van der Waals surface area contributed by atoms with Gasteiger partial charge in [-0.2, -0.15) is 0 Å². The number of anilines is 1. The topological polar surface area (TPSA) is 104 Å². The smallest absolute Gasteiger partial charge is 0.271 e. The molecule has 2 aliphatic rings. The van der Waals surface area contributed by atoms with E-state index in [1.54, 1.807) is 0 Å². The van der Waals surface area contributed by atoms with Crippen LogP contribution in [-0.4, -0.2) is 16.7 Å². The first kappa shape index (κ1) is 13.5. The van der Waals surface area contributed by atoms with Crippen LogP contribution in [-0.2, 0) is 9.59 Å². The average Bonchev–Trinajstić information content (AvgIpc) is 2.72. The number of rotatable bonds is 2. The molecule has 7 nitrogen and oxygen atoms in total. The molecule has 1 aromatic carbocycles. The SMILES string of the molecule is O=C1[C@H]2CCCC[C@@H]2C(=O)N1c1cc([N+](=O)[O-])ccc1[O-]. The second kappa shape index (κ2) is 4.83. The van der Waals surface area contributed by atoms with E-state index in [1.807, 2.05) is 0 Å². The molecule has 1 saturated heterocycles. The van der Waals surface area contributed by atoms with E-state index >= 15 is 0 Å². The molecule has 0 spiro atoms. The van der Waals surface area contributed by atoms with E-state index in [0.717, 1.165) is 35.9 Å². The zero-order valence-corrected chi connectivity index (χ0v) is 11.2. The number of carbonyl (C=O) groups excluding carboxylic acids is 2. The normalized spacial score (nSPS) is 25.0. The van der Waals surface area contributed by atoms with Crippen LogP contribution in [0.4, 0.5) is 11.4 Å². The Kier molecular flexibility index (Phi) is 3.12. The van der Waals surface area contributed by atoms with Crippen LogP contribution in [0.2, 0.25) is 0 Å². The Balaban J connectivity index is 2.04. The first-order valence-corrected chi connectivity index (χ1v) is 6.84. The monoisotopic (exact) mass is 289 g/mol. The molecule has 2 amide bonds. The molecule has 0 aromatic heterocycles. The van der Waals surface area contributed by atoms with Crippen LogP contribution in [0.3, 0.4) is 0 Å². The molecule has 2 atom stereocenters. The molecule has 1 heterocycles. The summed E-state index contributed by atoms with van der Waals surface area (Å²) in [5.74, 6) is -2.12. The van der Waals surface area contributed by atoms with Gasteiger partial charge < -0.3 is 5.11 Å². The summed E-state index contributed by atoms with van der Waals surface area (Å²) < 4.78 is 0. The van der Waals surface area contributed by atoms with Gasteiger partial charge in [0, 0.05) is 12.1 Å². The summed E-state index contributed by atoms with van der Waals surface area (Å²) in [5, 5.41) is 22.7. The summed E-state index contributed by atoms with van der Waals surface area (Å²) in [6.45, 7) is 0. The molecule has 3 rings (SSSR count). The van der Waals surface area contributed by atoms with Gasteiger partial charge in [0.2, 0.25) is 11.8 Å². The van der Waals surface area contributed by atoms with Crippen LogP contribution >= 0.6 is 0 Å². The number of nitro groups is 1. The number of imide groups is 1. The highest BCUT2D eigenvalue weighted by Gasteiger charge is 2.48. The number of fused-ring (bicyclic) bond motifs is 1. The van der Waals surface area contributed by atoms with E-state index < -0.39 is 22.5 Å². The summed E-state index contributed by atoms with van der Waals surface area (Å²) in [6, 6.07) is 3.11. The molecule has 2 fully saturated rings. The molecule has 1 aromatic rings. The van der Waals surface area contributed by atoms with E-state index in [-0.39, 0.29) is 23.2 Å². The number of hydrogen-bond donors (Lipinski definition) is 0. The minimum absolute atomic E-state index is 0.200. The van der Waals surface area contributed by atoms with Crippen molar-refractivity contribution in [2.45, 2.75) is 25.7 Å². The van der Waals surface area contributed by atoms with E-state index in [9.17, 15) is 24.8 Å². The number of benzene rings is 1. The van der Waals surface area contributed by atoms with Gasteiger partial charge in [-0.15, -0.1) is 0 Å². The summed E-state index contributed by atoms with van der Waals surface area (Å²) in [5.41, 5.74) is -0.506. The highest BCUT2D eigenvalue weighted by atomic mass is 16.6. The third-order valence-corrected chi connectivity index (χ3v) is 4.24. The molecule has 0 radical (unpaired) electrons. The van der Waals surface area contributed by atoms with Gasteiger partial charge in [0.25, 0.3) is 5.69 Å². The van der Waals surface area contributed by atoms with Crippen LogP contribution in [0.1, 0.15) is 25.7 Å². The Morgan fingerprint density at radius 3 is 2.19 bits per heavy atom. The van der Waals surface area contributed by atoms with Gasteiger partial charge in [0.15, 0.2) is 0 Å². The molecule has 110 valence electrons. The maximum Gasteiger partial charge on any atom is 0.271 e. The second-order valence-electron chi connectivity index (χ2n) is 5.42. The number of nitrogens with zero attached hydrogens (tertiary/aromatic N) is 2. The fourth-order valence-electron chi connectivity index (χ4n) is 3.19. The van der Waals surface area contributed by atoms with Crippen molar-refractivity contribution in [1.82, 2.24) is 0 Å². The van der Waals surface area contributed by atoms with E-state index in [0.29, 0.717) is 12.8 Å².